The summed E-state index contributed by atoms with van der Waals surface area (Å²) < 4.78 is 13.7. The predicted molar refractivity (Wildman–Crippen MR) is 66.9 cm³/mol. The molecule has 3 nitrogen and oxygen atoms in total. The van der Waals surface area contributed by atoms with E-state index in [2.05, 4.69) is 30.0 Å². The molecule has 2 rings (SSSR count). The molecule has 0 radical (unpaired) electrons. The first kappa shape index (κ1) is 12.5. The standard InChI is InChI=1S/C13H20FN3/c1-9(2)15-7-10-8-16-17-13(10)11-5-3-4-6-12(11)14/h3-6,9-10,13,15-17H,7-8H2,1-2H3. The van der Waals surface area contributed by atoms with Crippen molar-refractivity contribution in [3.05, 3.63) is 35.6 Å². The average Bonchev–Trinajstić information content (AvgIpc) is 2.75. The zero-order chi connectivity index (χ0) is 12.3. The highest BCUT2D eigenvalue weighted by molar-refractivity contribution is 5.22. The van der Waals surface area contributed by atoms with Gasteiger partial charge in [0.25, 0.3) is 0 Å². The van der Waals surface area contributed by atoms with Crippen molar-refractivity contribution >= 4 is 0 Å². The molecule has 1 aliphatic heterocycles. The van der Waals surface area contributed by atoms with E-state index in [1.807, 2.05) is 12.1 Å². The van der Waals surface area contributed by atoms with Crippen molar-refractivity contribution < 1.29 is 4.39 Å². The average molecular weight is 237 g/mol. The molecule has 0 bridgehead atoms. The smallest absolute Gasteiger partial charge is 0.128 e. The van der Waals surface area contributed by atoms with Gasteiger partial charge in [0.2, 0.25) is 0 Å². The van der Waals surface area contributed by atoms with E-state index in [4.69, 9.17) is 0 Å². The second-order valence-electron chi connectivity index (χ2n) is 4.85. The Hall–Kier alpha value is -0.970. The van der Waals surface area contributed by atoms with Gasteiger partial charge in [0.1, 0.15) is 5.82 Å². The Morgan fingerprint density at radius 1 is 1.41 bits per heavy atom. The summed E-state index contributed by atoms with van der Waals surface area (Å²) in [6.45, 7) is 5.98. The Kier molecular flexibility index (Phi) is 4.10. The van der Waals surface area contributed by atoms with E-state index in [0.717, 1.165) is 18.7 Å². The molecule has 0 aliphatic carbocycles. The van der Waals surface area contributed by atoms with Crippen LogP contribution in [0.25, 0.3) is 0 Å². The van der Waals surface area contributed by atoms with Crippen molar-refractivity contribution in [3.8, 4) is 0 Å². The van der Waals surface area contributed by atoms with Crippen LogP contribution in [-0.4, -0.2) is 19.1 Å². The number of rotatable bonds is 4. The normalized spacial score (nSPS) is 24.5. The fraction of sp³-hybridized carbons (Fsp3) is 0.538. The van der Waals surface area contributed by atoms with E-state index in [-0.39, 0.29) is 11.9 Å². The molecule has 94 valence electrons. The SMILES string of the molecule is CC(C)NCC1CNNC1c1ccccc1F. The van der Waals surface area contributed by atoms with E-state index >= 15 is 0 Å². The van der Waals surface area contributed by atoms with Gasteiger partial charge in [-0.25, -0.2) is 9.82 Å². The maximum atomic E-state index is 13.7. The Morgan fingerprint density at radius 2 is 2.18 bits per heavy atom. The molecular weight excluding hydrogens is 217 g/mol. The Balaban J connectivity index is 2.07. The summed E-state index contributed by atoms with van der Waals surface area (Å²) in [4.78, 5) is 0. The minimum atomic E-state index is -0.136. The Morgan fingerprint density at radius 3 is 2.88 bits per heavy atom. The number of hydrazine groups is 1. The zero-order valence-corrected chi connectivity index (χ0v) is 10.3. The highest BCUT2D eigenvalue weighted by Gasteiger charge is 2.29. The summed E-state index contributed by atoms with van der Waals surface area (Å²) in [5.41, 5.74) is 7.02. The molecule has 17 heavy (non-hydrogen) atoms. The van der Waals surface area contributed by atoms with Crippen LogP contribution in [0.15, 0.2) is 24.3 Å². The molecule has 1 heterocycles. The van der Waals surface area contributed by atoms with E-state index in [9.17, 15) is 4.39 Å². The topological polar surface area (TPSA) is 36.1 Å². The van der Waals surface area contributed by atoms with Crippen molar-refractivity contribution in [1.29, 1.82) is 0 Å². The molecule has 2 unspecified atom stereocenters. The number of hydrogen-bond donors (Lipinski definition) is 3. The molecule has 0 spiro atoms. The van der Waals surface area contributed by atoms with Gasteiger partial charge in [-0.05, 0) is 6.07 Å². The first-order chi connectivity index (χ1) is 8.18. The molecule has 0 amide bonds. The molecule has 0 aromatic heterocycles. The van der Waals surface area contributed by atoms with E-state index in [0.29, 0.717) is 12.0 Å². The Bertz CT molecular complexity index is 367. The third kappa shape index (κ3) is 3.03. The van der Waals surface area contributed by atoms with Crippen LogP contribution in [0.2, 0.25) is 0 Å². The van der Waals surface area contributed by atoms with Gasteiger partial charge in [0.15, 0.2) is 0 Å². The van der Waals surface area contributed by atoms with Crippen LogP contribution in [0, 0.1) is 11.7 Å². The fourth-order valence-electron chi connectivity index (χ4n) is 2.17. The lowest BCUT2D eigenvalue weighted by Gasteiger charge is -2.20. The second kappa shape index (κ2) is 5.58. The van der Waals surface area contributed by atoms with Crippen molar-refractivity contribution in [2.75, 3.05) is 13.1 Å². The molecule has 0 saturated carbocycles. The van der Waals surface area contributed by atoms with Crippen LogP contribution in [0.3, 0.4) is 0 Å². The zero-order valence-electron chi connectivity index (χ0n) is 10.3. The maximum Gasteiger partial charge on any atom is 0.128 e. The fourth-order valence-corrected chi connectivity index (χ4v) is 2.17. The van der Waals surface area contributed by atoms with E-state index in [1.165, 1.54) is 6.07 Å². The molecule has 2 atom stereocenters. The third-order valence-corrected chi connectivity index (χ3v) is 3.12. The molecule has 1 fully saturated rings. The highest BCUT2D eigenvalue weighted by atomic mass is 19.1. The lowest BCUT2D eigenvalue weighted by molar-refractivity contribution is 0.412. The molecule has 1 aromatic rings. The number of halogens is 1. The van der Waals surface area contributed by atoms with Crippen LogP contribution in [0.5, 0.6) is 0 Å². The van der Waals surface area contributed by atoms with Gasteiger partial charge in [-0.3, -0.25) is 5.43 Å². The first-order valence-electron chi connectivity index (χ1n) is 6.14. The summed E-state index contributed by atoms with van der Waals surface area (Å²) in [5, 5.41) is 3.40. The van der Waals surface area contributed by atoms with Gasteiger partial charge in [-0.2, -0.15) is 0 Å². The van der Waals surface area contributed by atoms with Crippen molar-refractivity contribution in [1.82, 2.24) is 16.2 Å². The second-order valence-corrected chi connectivity index (χ2v) is 4.85. The molecular formula is C13H20FN3. The van der Waals surface area contributed by atoms with E-state index < -0.39 is 0 Å². The summed E-state index contributed by atoms with van der Waals surface area (Å²) in [6, 6.07) is 7.47. The van der Waals surface area contributed by atoms with Crippen molar-refractivity contribution in [2.45, 2.75) is 25.9 Å². The van der Waals surface area contributed by atoms with Crippen LogP contribution >= 0.6 is 0 Å². The lowest BCUT2D eigenvalue weighted by Crippen LogP contribution is -2.32. The van der Waals surface area contributed by atoms with Gasteiger partial charge in [-0.15, -0.1) is 0 Å². The van der Waals surface area contributed by atoms with Crippen molar-refractivity contribution in [2.24, 2.45) is 5.92 Å². The highest BCUT2D eigenvalue weighted by Crippen LogP contribution is 2.26. The van der Waals surface area contributed by atoms with Gasteiger partial charge in [0, 0.05) is 30.6 Å². The number of nitrogens with one attached hydrogen (secondary N) is 3. The summed E-state index contributed by atoms with van der Waals surface area (Å²) in [7, 11) is 0. The Labute approximate surface area is 102 Å². The number of hydrogen-bond acceptors (Lipinski definition) is 3. The summed E-state index contributed by atoms with van der Waals surface area (Å²) in [6.07, 6.45) is 0. The molecule has 1 aliphatic rings. The van der Waals surface area contributed by atoms with Crippen molar-refractivity contribution in [3.63, 3.8) is 0 Å². The molecule has 4 heteroatoms. The minimum absolute atomic E-state index is 0.0439. The van der Waals surface area contributed by atoms with Gasteiger partial charge in [0.05, 0.1) is 6.04 Å². The third-order valence-electron chi connectivity index (χ3n) is 3.12. The quantitative estimate of drug-likeness (QED) is 0.744. The lowest BCUT2D eigenvalue weighted by atomic mass is 9.94. The predicted octanol–water partition coefficient (Wildman–Crippen LogP) is 1.59. The number of benzene rings is 1. The summed E-state index contributed by atoms with van der Waals surface area (Å²) >= 11 is 0. The van der Waals surface area contributed by atoms with Crippen LogP contribution in [-0.2, 0) is 0 Å². The van der Waals surface area contributed by atoms with Crippen LogP contribution < -0.4 is 16.2 Å². The molecule has 1 saturated heterocycles. The first-order valence-corrected chi connectivity index (χ1v) is 6.14. The van der Waals surface area contributed by atoms with Crippen LogP contribution in [0.1, 0.15) is 25.5 Å². The summed E-state index contributed by atoms with van der Waals surface area (Å²) in [5.74, 6) is 0.234. The maximum absolute atomic E-state index is 13.7. The van der Waals surface area contributed by atoms with Gasteiger partial charge >= 0.3 is 0 Å². The largest absolute Gasteiger partial charge is 0.314 e. The molecule has 1 aromatic carbocycles. The van der Waals surface area contributed by atoms with E-state index in [1.54, 1.807) is 6.07 Å². The van der Waals surface area contributed by atoms with Gasteiger partial charge in [-0.1, -0.05) is 32.0 Å². The minimum Gasteiger partial charge on any atom is -0.314 e. The monoisotopic (exact) mass is 237 g/mol. The van der Waals surface area contributed by atoms with Gasteiger partial charge < -0.3 is 5.32 Å². The molecule has 3 N–H and O–H groups in total. The van der Waals surface area contributed by atoms with Crippen LogP contribution in [0.4, 0.5) is 4.39 Å².